The second-order valence-electron chi connectivity index (χ2n) is 7.20. The van der Waals surface area contributed by atoms with Crippen molar-refractivity contribution in [3.05, 3.63) is 34.9 Å². The van der Waals surface area contributed by atoms with Gasteiger partial charge in [0.05, 0.1) is 0 Å². The summed E-state index contributed by atoms with van der Waals surface area (Å²) >= 11 is 0. The lowest BCUT2D eigenvalue weighted by molar-refractivity contribution is -0.113. The summed E-state index contributed by atoms with van der Waals surface area (Å²) in [5, 5.41) is 10.5. The largest absolute Gasteiger partial charge is 0.507 e. The van der Waals surface area contributed by atoms with E-state index in [0.717, 1.165) is 16.7 Å². The van der Waals surface area contributed by atoms with Crippen LogP contribution in [-0.2, 0) is 15.6 Å². The van der Waals surface area contributed by atoms with Crippen LogP contribution in [-0.4, -0.2) is 11.0 Å². The molecule has 0 fully saturated rings. The molecule has 0 unspecified atom stereocenters. The number of nitrogens with two attached hydrogens (primary N) is 1. The Kier molecular flexibility index (Phi) is 4.33. The summed E-state index contributed by atoms with van der Waals surface area (Å²) in [6.45, 7) is 12.3. The molecular formula is C17H25NO2. The maximum absolute atomic E-state index is 10.9. The molecule has 0 bridgehead atoms. The van der Waals surface area contributed by atoms with Gasteiger partial charge in [-0.05, 0) is 34.6 Å². The Morgan fingerprint density at radius 3 is 1.75 bits per heavy atom. The SMILES string of the molecule is CC(C)(C)c1cc(/C=C/C(N)=O)cc(C(C)(C)C)c1O. The molecule has 1 aromatic rings. The first-order valence-corrected chi connectivity index (χ1v) is 6.78. The van der Waals surface area contributed by atoms with Crippen molar-refractivity contribution in [1.29, 1.82) is 0 Å². The topological polar surface area (TPSA) is 63.3 Å². The number of benzene rings is 1. The zero-order valence-electron chi connectivity index (χ0n) is 13.2. The van der Waals surface area contributed by atoms with E-state index in [0.29, 0.717) is 5.75 Å². The van der Waals surface area contributed by atoms with Crippen molar-refractivity contribution in [1.82, 2.24) is 0 Å². The molecule has 0 saturated carbocycles. The minimum Gasteiger partial charge on any atom is -0.507 e. The highest BCUT2D eigenvalue weighted by molar-refractivity contribution is 5.90. The first kappa shape index (κ1) is 16.3. The van der Waals surface area contributed by atoms with E-state index >= 15 is 0 Å². The summed E-state index contributed by atoms with van der Waals surface area (Å²) < 4.78 is 0. The van der Waals surface area contributed by atoms with Crippen molar-refractivity contribution in [2.75, 3.05) is 0 Å². The molecule has 1 aromatic carbocycles. The molecule has 0 heterocycles. The molecule has 3 heteroatoms. The van der Waals surface area contributed by atoms with Crippen LogP contribution in [0.3, 0.4) is 0 Å². The van der Waals surface area contributed by atoms with Gasteiger partial charge in [-0.1, -0.05) is 41.5 Å². The number of phenols is 1. The molecule has 0 aliphatic rings. The monoisotopic (exact) mass is 275 g/mol. The molecule has 1 amide bonds. The fourth-order valence-electron chi connectivity index (χ4n) is 2.07. The van der Waals surface area contributed by atoms with Crippen LogP contribution >= 0.6 is 0 Å². The average Bonchev–Trinajstić information content (AvgIpc) is 2.24. The number of carbonyl (C=O) groups excluding carboxylic acids is 1. The summed E-state index contributed by atoms with van der Waals surface area (Å²) in [6.07, 6.45) is 3.03. The summed E-state index contributed by atoms with van der Waals surface area (Å²) in [6, 6.07) is 3.81. The Bertz CT molecular complexity index is 508. The van der Waals surface area contributed by atoms with Gasteiger partial charge < -0.3 is 10.8 Å². The maximum atomic E-state index is 10.9. The van der Waals surface area contributed by atoms with Gasteiger partial charge in [-0.3, -0.25) is 4.79 Å². The van der Waals surface area contributed by atoms with Crippen LogP contribution in [0, 0.1) is 0 Å². The smallest absolute Gasteiger partial charge is 0.241 e. The van der Waals surface area contributed by atoms with Crippen molar-refractivity contribution in [3.8, 4) is 5.75 Å². The van der Waals surface area contributed by atoms with E-state index < -0.39 is 5.91 Å². The first-order chi connectivity index (χ1) is 8.93. The Morgan fingerprint density at radius 2 is 1.45 bits per heavy atom. The number of primary amides is 1. The Morgan fingerprint density at radius 1 is 1.05 bits per heavy atom. The van der Waals surface area contributed by atoms with Crippen molar-refractivity contribution in [3.63, 3.8) is 0 Å². The van der Waals surface area contributed by atoms with Crippen LogP contribution < -0.4 is 5.73 Å². The van der Waals surface area contributed by atoms with Gasteiger partial charge in [0.2, 0.25) is 5.91 Å². The Hall–Kier alpha value is -1.77. The van der Waals surface area contributed by atoms with Gasteiger partial charge in [0.15, 0.2) is 0 Å². The number of aromatic hydroxyl groups is 1. The lowest BCUT2D eigenvalue weighted by Crippen LogP contribution is -2.17. The van der Waals surface area contributed by atoms with Crippen LogP contribution in [0.2, 0.25) is 0 Å². The molecular weight excluding hydrogens is 250 g/mol. The normalized spacial score (nSPS) is 12.9. The quantitative estimate of drug-likeness (QED) is 0.812. The van der Waals surface area contributed by atoms with Gasteiger partial charge >= 0.3 is 0 Å². The number of carbonyl (C=O) groups is 1. The molecule has 110 valence electrons. The molecule has 0 aromatic heterocycles. The summed E-state index contributed by atoms with van der Waals surface area (Å²) in [7, 11) is 0. The lowest BCUT2D eigenvalue weighted by Gasteiger charge is -2.27. The predicted octanol–water partition coefficient (Wildman–Crippen LogP) is 3.49. The standard InChI is InChI=1S/C17H25NO2/c1-16(2,3)12-9-11(7-8-14(18)19)10-13(15(12)20)17(4,5)6/h7-10,20H,1-6H3,(H2,18,19)/b8-7+. The van der Waals surface area contributed by atoms with Gasteiger partial charge in [-0.2, -0.15) is 0 Å². The van der Waals surface area contributed by atoms with Crippen LogP contribution in [0.4, 0.5) is 0 Å². The van der Waals surface area contributed by atoms with Crippen LogP contribution in [0.25, 0.3) is 6.08 Å². The van der Waals surface area contributed by atoms with Gasteiger partial charge in [0, 0.05) is 17.2 Å². The first-order valence-electron chi connectivity index (χ1n) is 6.78. The number of hydrogen-bond acceptors (Lipinski definition) is 2. The number of phenolic OH excluding ortho intramolecular Hbond substituents is 1. The molecule has 0 aliphatic carbocycles. The molecule has 3 nitrogen and oxygen atoms in total. The third kappa shape index (κ3) is 3.86. The predicted molar refractivity (Wildman–Crippen MR) is 83.7 cm³/mol. The van der Waals surface area contributed by atoms with E-state index in [1.807, 2.05) is 12.1 Å². The van der Waals surface area contributed by atoms with E-state index in [4.69, 9.17) is 5.73 Å². The highest BCUT2D eigenvalue weighted by Crippen LogP contribution is 2.39. The van der Waals surface area contributed by atoms with Crippen LogP contribution in [0.1, 0.15) is 58.2 Å². The van der Waals surface area contributed by atoms with Crippen molar-refractivity contribution >= 4 is 12.0 Å². The summed E-state index contributed by atoms with van der Waals surface area (Å²) in [4.78, 5) is 10.9. The van der Waals surface area contributed by atoms with Crippen molar-refractivity contribution in [2.24, 2.45) is 5.73 Å². The van der Waals surface area contributed by atoms with Crippen molar-refractivity contribution < 1.29 is 9.90 Å². The fourth-order valence-corrected chi connectivity index (χ4v) is 2.07. The Balaban J connectivity index is 3.54. The average molecular weight is 275 g/mol. The summed E-state index contributed by atoms with van der Waals surface area (Å²) in [5.74, 6) is -0.145. The third-order valence-corrected chi connectivity index (χ3v) is 3.19. The van der Waals surface area contributed by atoms with Gasteiger partial charge in [-0.25, -0.2) is 0 Å². The Labute approximate surface area is 121 Å². The molecule has 0 spiro atoms. The molecule has 3 N–H and O–H groups in total. The van der Waals surface area contributed by atoms with Crippen LogP contribution in [0.5, 0.6) is 5.75 Å². The second-order valence-corrected chi connectivity index (χ2v) is 7.20. The van der Waals surface area contributed by atoms with Crippen molar-refractivity contribution in [2.45, 2.75) is 52.4 Å². The van der Waals surface area contributed by atoms with Crippen LogP contribution in [0.15, 0.2) is 18.2 Å². The third-order valence-electron chi connectivity index (χ3n) is 3.19. The van der Waals surface area contributed by atoms with E-state index in [2.05, 4.69) is 41.5 Å². The van der Waals surface area contributed by atoms with Gasteiger partial charge in [0.1, 0.15) is 5.75 Å². The zero-order chi connectivity index (χ0) is 15.7. The minimum absolute atomic E-state index is 0.180. The highest BCUT2D eigenvalue weighted by atomic mass is 16.3. The molecule has 1 rings (SSSR count). The zero-order valence-corrected chi connectivity index (χ0v) is 13.2. The fraction of sp³-hybridized carbons (Fsp3) is 0.471. The molecule has 0 atom stereocenters. The van der Waals surface area contributed by atoms with E-state index in [1.54, 1.807) is 6.08 Å². The minimum atomic E-state index is -0.479. The van der Waals surface area contributed by atoms with Gasteiger partial charge in [0.25, 0.3) is 0 Å². The highest BCUT2D eigenvalue weighted by Gasteiger charge is 2.26. The lowest BCUT2D eigenvalue weighted by atomic mass is 9.78. The molecule has 20 heavy (non-hydrogen) atoms. The number of rotatable bonds is 2. The maximum Gasteiger partial charge on any atom is 0.241 e. The van der Waals surface area contributed by atoms with Gasteiger partial charge in [-0.15, -0.1) is 0 Å². The summed E-state index contributed by atoms with van der Waals surface area (Å²) in [5.41, 5.74) is 7.39. The van der Waals surface area contributed by atoms with E-state index in [9.17, 15) is 9.90 Å². The molecule has 0 aliphatic heterocycles. The van der Waals surface area contributed by atoms with E-state index in [-0.39, 0.29) is 10.8 Å². The molecule has 0 saturated heterocycles. The molecule has 0 radical (unpaired) electrons. The second kappa shape index (κ2) is 5.31. The number of amides is 1. The van der Waals surface area contributed by atoms with E-state index in [1.165, 1.54) is 6.08 Å². The number of hydrogen-bond donors (Lipinski definition) is 2.